The van der Waals surface area contributed by atoms with E-state index in [0.717, 1.165) is 38.0 Å². The quantitative estimate of drug-likeness (QED) is 0.879. The van der Waals surface area contributed by atoms with Crippen molar-refractivity contribution < 1.29 is 0 Å². The highest BCUT2D eigenvalue weighted by Gasteiger charge is 2.30. The van der Waals surface area contributed by atoms with Gasteiger partial charge in [-0.1, -0.05) is 37.3 Å². The van der Waals surface area contributed by atoms with Gasteiger partial charge in [0.15, 0.2) is 0 Å². The normalized spacial score (nSPS) is 19.9. The molecule has 0 saturated heterocycles. The molecule has 0 spiro atoms. The molecule has 0 aromatic carbocycles. The van der Waals surface area contributed by atoms with Gasteiger partial charge in [-0.25, -0.2) is 0 Å². The second-order valence-electron chi connectivity index (χ2n) is 5.94. The van der Waals surface area contributed by atoms with Gasteiger partial charge in [0, 0.05) is 10.9 Å². The van der Waals surface area contributed by atoms with Gasteiger partial charge in [-0.2, -0.15) is 0 Å². The monoisotopic (exact) mass is 340 g/mol. The predicted octanol–water partition coefficient (Wildman–Crippen LogP) is 4.01. The predicted molar refractivity (Wildman–Crippen MR) is 97.1 cm³/mol. The molecule has 0 radical (unpaired) electrons. The van der Waals surface area contributed by atoms with Crippen LogP contribution in [0, 0.1) is 0 Å². The first-order valence-electron chi connectivity index (χ1n) is 8.10. The minimum Gasteiger partial charge on any atom is -0.312 e. The Morgan fingerprint density at radius 2 is 2.00 bits per heavy atom. The molecule has 0 fully saturated rings. The van der Waals surface area contributed by atoms with Gasteiger partial charge in [0.1, 0.15) is 0 Å². The van der Waals surface area contributed by atoms with Crippen LogP contribution in [0.15, 0.2) is 22.5 Å². The van der Waals surface area contributed by atoms with E-state index in [1.807, 2.05) is 0 Å². The van der Waals surface area contributed by atoms with Gasteiger partial charge in [0.2, 0.25) is 0 Å². The number of nitrogens with one attached hydrogen (secondary N) is 1. The molecule has 3 rings (SSSR count). The van der Waals surface area contributed by atoms with E-state index in [4.69, 9.17) is 0 Å². The number of fused-ring (bicyclic) bond motifs is 2. The number of halogens is 1. The van der Waals surface area contributed by atoms with Gasteiger partial charge < -0.3 is 4.98 Å². The van der Waals surface area contributed by atoms with Crippen molar-refractivity contribution in [2.75, 3.05) is 13.1 Å². The van der Waals surface area contributed by atoms with Gasteiger partial charge in [0.05, 0.1) is 5.69 Å². The van der Waals surface area contributed by atoms with Crippen LogP contribution in [0.5, 0.6) is 0 Å². The summed E-state index contributed by atoms with van der Waals surface area (Å²) in [5.74, 6) is 0. The third-order valence-electron chi connectivity index (χ3n) is 4.47. The summed E-state index contributed by atoms with van der Waals surface area (Å²) < 4.78 is 0. The Kier molecular flexibility index (Phi) is 6.07. The maximum Gasteiger partial charge on any atom is 0.305 e. The Balaban J connectivity index is 0.00000176. The summed E-state index contributed by atoms with van der Waals surface area (Å²) in [6.07, 6.45) is 10.1. The van der Waals surface area contributed by atoms with Crippen LogP contribution in [0.4, 0.5) is 0 Å². The first-order chi connectivity index (χ1) is 10.2. The van der Waals surface area contributed by atoms with E-state index in [0.29, 0.717) is 6.04 Å². The molecule has 122 valence electrons. The number of aryl methyl sites for hydroxylation is 1. The largest absolute Gasteiger partial charge is 0.312 e. The lowest BCUT2D eigenvalue weighted by atomic mass is 9.83. The maximum absolute atomic E-state index is 11.7. The Labute approximate surface area is 142 Å². The zero-order valence-electron chi connectivity index (χ0n) is 13.4. The van der Waals surface area contributed by atoms with Crippen LogP contribution in [0.25, 0.3) is 5.57 Å². The number of rotatable bonds is 5. The number of hydrogen-bond donors (Lipinski definition) is 1. The molecule has 1 atom stereocenters. The lowest BCUT2D eigenvalue weighted by molar-refractivity contribution is 0.218. The van der Waals surface area contributed by atoms with Crippen molar-refractivity contribution in [1.29, 1.82) is 0 Å². The van der Waals surface area contributed by atoms with Crippen molar-refractivity contribution in [3.63, 3.8) is 0 Å². The summed E-state index contributed by atoms with van der Waals surface area (Å²) in [7, 11) is 0. The smallest absolute Gasteiger partial charge is 0.305 e. The van der Waals surface area contributed by atoms with E-state index >= 15 is 0 Å². The Morgan fingerprint density at radius 1 is 1.27 bits per heavy atom. The van der Waals surface area contributed by atoms with Crippen molar-refractivity contribution in [1.82, 2.24) is 9.88 Å². The number of allylic oxidation sites excluding steroid dienone is 2. The summed E-state index contributed by atoms with van der Waals surface area (Å²) >= 11 is 1.38. The highest BCUT2D eigenvalue weighted by molar-refractivity contribution is 7.09. The highest BCUT2D eigenvalue weighted by Crippen LogP contribution is 2.38. The minimum absolute atomic E-state index is 0. The number of H-pyrrole nitrogens is 1. The van der Waals surface area contributed by atoms with Gasteiger partial charge in [-0.15, -0.1) is 12.4 Å². The van der Waals surface area contributed by atoms with Crippen molar-refractivity contribution in [2.24, 2.45) is 0 Å². The molecule has 1 N–H and O–H groups in total. The maximum atomic E-state index is 11.7. The molecular weight excluding hydrogens is 316 g/mol. The summed E-state index contributed by atoms with van der Waals surface area (Å²) in [6.45, 7) is 6.84. The molecule has 2 aliphatic carbocycles. The van der Waals surface area contributed by atoms with Crippen molar-refractivity contribution in [3.8, 4) is 0 Å². The number of aromatic amines is 1. The third-order valence-corrected chi connectivity index (χ3v) is 5.41. The third kappa shape index (κ3) is 3.24. The first-order valence-corrected chi connectivity index (χ1v) is 8.92. The lowest BCUT2D eigenvalue weighted by Gasteiger charge is -2.37. The fourth-order valence-corrected chi connectivity index (χ4v) is 4.50. The molecule has 0 unspecified atom stereocenters. The van der Waals surface area contributed by atoms with Crippen LogP contribution < -0.4 is 4.87 Å². The van der Waals surface area contributed by atoms with E-state index in [1.54, 1.807) is 5.57 Å². The topological polar surface area (TPSA) is 36.1 Å². The van der Waals surface area contributed by atoms with E-state index in [9.17, 15) is 4.79 Å². The number of aromatic nitrogens is 1. The molecule has 0 amide bonds. The van der Waals surface area contributed by atoms with Crippen LogP contribution in [-0.4, -0.2) is 29.0 Å². The molecule has 1 aromatic rings. The summed E-state index contributed by atoms with van der Waals surface area (Å²) in [5.41, 5.74) is 3.93. The van der Waals surface area contributed by atoms with E-state index in [-0.39, 0.29) is 17.3 Å². The van der Waals surface area contributed by atoms with Gasteiger partial charge in [-0.05, 0) is 56.3 Å². The molecule has 22 heavy (non-hydrogen) atoms. The molecule has 0 saturated carbocycles. The summed E-state index contributed by atoms with van der Waals surface area (Å²) in [4.78, 5) is 18.7. The van der Waals surface area contributed by atoms with Crippen molar-refractivity contribution >= 4 is 29.3 Å². The number of nitrogens with zero attached hydrogens (tertiary/aromatic N) is 1. The summed E-state index contributed by atoms with van der Waals surface area (Å²) in [5, 5.41) is 0. The Morgan fingerprint density at radius 3 is 2.68 bits per heavy atom. The van der Waals surface area contributed by atoms with Crippen LogP contribution >= 0.6 is 23.7 Å². The molecule has 5 heteroatoms. The summed E-state index contributed by atoms with van der Waals surface area (Å²) in [6, 6.07) is 0.529. The minimum atomic E-state index is 0. The molecule has 1 heterocycles. The molecule has 3 nitrogen and oxygen atoms in total. The van der Waals surface area contributed by atoms with E-state index in [2.05, 4.69) is 35.9 Å². The zero-order valence-corrected chi connectivity index (χ0v) is 15.0. The average molecular weight is 341 g/mol. The van der Waals surface area contributed by atoms with Crippen LogP contribution in [0.3, 0.4) is 0 Å². The second kappa shape index (κ2) is 7.62. The van der Waals surface area contributed by atoms with Crippen LogP contribution in [0.1, 0.15) is 50.1 Å². The standard InChI is InChI=1S/C17H24N2OS.ClH/c1-3-10-19(11-4-2)14-7-5-6-13-12(14)8-9-15-16(13)18-17(20)21-15;/h5-6,14H,3-4,7-11H2,1-2H3,(H,18,20);1H/t14-;/m0./s1. The molecule has 1 aromatic heterocycles. The second-order valence-corrected chi connectivity index (χ2v) is 7.01. The van der Waals surface area contributed by atoms with Crippen LogP contribution in [0.2, 0.25) is 0 Å². The van der Waals surface area contributed by atoms with Crippen LogP contribution in [-0.2, 0) is 6.42 Å². The van der Waals surface area contributed by atoms with Gasteiger partial charge in [0.25, 0.3) is 0 Å². The Hall–Kier alpha value is -0.840. The number of hydrogen-bond acceptors (Lipinski definition) is 3. The average Bonchev–Trinajstić information content (AvgIpc) is 2.87. The molecule has 0 aliphatic heterocycles. The molecular formula is C17H25ClN2OS. The van der Waals surface area contributed by atoms with Gasteiger partial charge in [-0.3, -0.25) is 9.69 Å². The van der Waals surface area contributed by atoms with E-state index in [1.165, 1.54) is 34.6 Å². The number of thiazole rings is 1. The zero-order chi connectivity index (χ0) is 14.8. The Bertz CT molecular complexity index is 623. The SMILES string of the molecule is CCCN(CCC)[C@H]1CC=CC2=C1CCc1sc(=O)[nH]c12.Cl. The van der Waals surface area contributed by atoms with Gasteiger partial charge >= 0.3 is 4.87 Å². The van der Waals surface area contributed by atoms with Crippen molar-refractivity contribution in [2.45, 2.75) is 52.0 Å². The fraction of sp³-hybridized carbons (Fsp3) is 0.588. The lowest BCUT2D eigenvalue weighted by Crippen LogP contribution is -2.39. The van der Waals surface area contributed by atoms with Crippen molar-refractivity contribution in [3.05, 3.63) is 38.0 Å². The molecule has 0 bridgehead atoms. The molecule has 2 aliphatic rings. The first kappa shape index (κ1) is 17.5. The fourth-order valence-electron chi connectivity index (χ4n) is 3.66. The highest BCUT2D eigenvalue weighted by atomic mass is 35.5. The van der Waals surface area contributed by atoms with E-state index < -0.39 is 0 Å².